The SMILES string of the molecule is CS(=O)(=O)CCS(=O)(=O)N[C@@H]1CNC[C@H]1c1ccccc1. The van der Waals surface area contributed by atoms with Crippen LogP contribution < -0.4 is 10.0 Å². The lowest BCUT2D eigenvalue weighted by Gasteiger charge is -2.20. The van der Waals surface area contributed by atoms with Crippen LogP contribution in [0.15, 0.2) is 30.3 Å². The maximum atomic E-state index is 12.0. The van der Waals surface area contributed by atoms with Gasteiger partial charge in [0, 0.05) is 31.3 Å². The summed E-state index contributed by atoms with van der Waals surface area (Å²) in [6, 6.07) is 9.44. The largest absolute Gasteiger partial charge is 0.314 e. The quantitative estimate of drug-likeness (QED) is 0.746. The molecule has 6 nitrogen and oxygen atoms in total. The average molecular weight is 332 g/mol. The monoisotopic (exact) mass is 332 g/mol. The smallest absolute Gasteiger partial charge is 0.212 e. The van der Waals surface area contributed by atoms with E-state index in [-0.39, 0.29) is 17.7 Å². The highest BCUT2D eigenvalue weighted by Crippen LogP contribution is 2.23. The standard InChI is InChI=1S/C13H20N2O4S2/c1-20(16,17)7-8-21(18,19)15-13-10-14-9-12(13)11-5-3-2-4-6-11/h2-6,12-15H,7-10H2,1H3/t12-,13+/m0/s1. The summed E-state index contributed by atoms with van der Waals surface area (Å²) in [5, 5.41) is 3.17. The van der Waals surface area contributed by atoms with Gasteiger partial charge in [0.1, 0.15) is 9.84 Å². The molecule has 1 aromatic rings. The van der Waals surface area contributed by atoms with E-state index >= 15 is 0 Å². The molecule has 8 heteroatoms. The molecular weight excluding hydrogens is 312 g/mol. The zero-order chi connectivity index (χ0) is 15.5. The summed E-state index contributed by atoms with van der Waals surface area (Å²) in [6.45, 7) is 1.24. The zero-order valence-corrected chi connectivity index (χ0v) is 13.5. The van der Waals surface area contributed by atoms with Crippen LogP contribution in [-0.4, -0.2) is 53.7 Å². The van der Waals surface area contributed by atoms with Crippen molar-refractivity contribution in [2.45, 2.75) is 12.0 Å². The third-order valence-corrected chi connectivity index (χ3v) is 6.10. The first-order valence-corrected chi connectivity index (χ1v) is 10.4. The molecule has 1 fully saturated rings. The molecule has 2 rings (SSSR count). The Morgan fingerprint density at radius 1 is 1.10 bits per heavy atom. The third kappa shape index (κ3) is 5.06. The van der Waals surface area contributed by atoms with Crippen molar-refractivity contribution in [3.8, 4) is 0 Å². The first-order chi connectivity index (χ1) is 9.77. The number of benzene rings is 1. The van der Waals surface area contributed by atoms with E-state index in [9.17, 15) is 16.8 Å². The predicted molar refractivity (Wildman–Crippen MR) is 82.5 cm³/mol. The first-order valence-electron chi connectivity index (χ1n) is 6.70. The van der Waals surface area contributed by atoms with E-state index in [0.717, 1.165) is 11.8 Å². The van der Waals surface area contributed by atoms with Crippen LogP contribution in [0.1, 0.15) is 11.5 Å². The van der Waals surface area contributed by atoms with Crippen LogP contribution in [0.5, 0.6) is 0 Å². The molecule has 0 bridgehead atoms. The normalized spacial score (nSPS) is 23.3. The zero-order valence-electron chi connectivity index (χ0n) is 11.8. The molecule has 1 aliphatic rings. The van der Waals surface area contributed by atoms with Gasteiger partial charge < -0.3 is 5.32 Å². The third-order valence-electron chi connectivity index (χ3n) is 3.50. The second kappa shape index (κ2) is 6.43. The molecule has 0 spiro atoms. The molecule has 0 unspecified atom stereocenters. The van der Waals surface area contributed by atoms with E-state index in [0.29, 0.717) is 13.1 Å². The second-order valence-electron chi connectivity index (χ2n) is 5.35. The van der Waals surface area contributed by atoms with Crippen LogP contribution in [0, 0.1) is 0 Å². The summed E-state index contributed by atoms with van der Waals surface area (Å²) in [6.07, 6.45) is 1.03. The lowest BCUT2D eigenvalue weighted by molar-refractivity contribution is 0.541. The van der Waals surface area contributed by atoms with Crippen molar-refractivity contribution in [1.29, 1.82) is 0 Å². The fourth-order valence-electron chi connectivity index (χ4n) is 2.40. The number of sulfone groups is 1. The van der Waals surface area contributed by atoms with Crippen LogP contribution in [-0.2, 0) is 19.9 Å². The van der Waals surface area contributed by atoms with Crippen molar-refractivity contribution >= 4 is 19.9 Å². The van der Waals surface area contributed by atoms with E-state index in [4.69, 9.17) is 0 Å². The Labute approximate surface area is 125 Å². The fourth-order valence-corrected chi connectivity index (χ4v) is 5.32. The molecule has 1 aliphatic heterocycles. The van der Waals surface area contributed by atoms with Gasteiger partial charge >= 0.3 is 0 Å². The molecule has 21 heavy (non-hydrogen) atoms. The molecule has 0 aromatic heterocycles. The highest BCUT2D eigenvalue weighted by Gasteiger charge is 2.31. The summed E-state index contributed by atoms with van der Waals surface area (Å²) in [5.74, 6) is -0.707. The molecule has 1 aromatic carbocycles. The average Bonchev–Trinajstić information content (AvgIpc) is 2.84. The lowest BCUT2D eigenvalue weighted by Crippen LogP contribution is -2.41. The number of rotatable bonds is 6. The van der Waals surface area contributed by atoms with Crippen molar-refractivity contribution in [2.75, 3.05) is 30.9 Å². The first kappa shape index (κ1) is 16.4. The van der Waals surface area contributed by atoms with Gasteiger partial charge in [-0.1, -0.05) is 30.3 Å². The van der Waals surface area contributed by atoms with Gasteiger partial charge in [-0.15, -0.1) is 0 Å². The molecule has 2 atom stereocenters. The van der Waals surface area contributed by atoms with Crippen molar-refractivity contribution in [2.24, 2.45) is 0 Å². The van der Waals surface area contributed by atoms with Gasteiger partial charge in [-0.25, -0.2) is 21.6 Å². The number of sulfonamides is 1. The van der Waals surface area contributed by atoms with E-state index in [1.54, 1.807) is 0 Å². The summed E-state index contributed by atoms with van der Waals surface area (Å²) in [4.78, 5) is 0. The molecule has 0 amide bonds. The van der Waals surface area contributed by atoms with Crippen molar-refractivity contribution in [3.05, 3.63) is 35.9 Å². The number of hydrogen-bond acceptors (Lipinski definition) is 5. The minimum Gasteiger partial charge on any atom is -0.314 e. The Kier molecular flexibility index (Phi) is 5.03. The Hall–Kier alpha value is -0.960. The fraction of sp³-hybridized carbons (Fsp3) is 0.538. The van der Waals surface area contributed by atoms with Crippen molar-refractivity contribution < 1.29 is 16.8 Å². The minimum absolute atomic E-state index is 0.0548. The van der Waals surface area contributed by atoms with E-state index in [2.05, 4.69) is 10.0 Å². The predicted octanol–water partition coefficient (Wildman–Crippen LogP) is -0.294. The molecule has 118 valence electrons. The molecule has 0 aliphatic carbocycles. The molecular formula is C13H20N2O4S2. The molecule has 0 saturated carbocycles. The summed E-state index contributed by atoms with van der Waals surface area (Å²) < 4.78 is 48.8. The molecule has 0 radical (unpaired) electrons. The summed E-state index contributed by atoms with van der Waals surface area (Å²) in [5.41, 5.74) is 1.07. The lowest BCUT2D eigenvalue weighted by atomic mass is 9.95. The van der Waals surface area contributed by atoms with Crippen molar-refractivity contribution in [1.82, 2.24) is 10.0 Å². The van der Waals surface area contributed by atoms with Gasteiger partial charge in [0.05, 0.1) is 11.5 Å². The Balaban J connectivity index is 2.04. The van der Waals surface area contributed by atoms with E-state index in [1.807, 2.05) is 30.3 Å². The van der Waals surface area contributed by atoms with Gasteiger partial charge in [0.2, 0.25) is 10.0 Å². The number of hydrogen-bond donors (Lipinski definition) is 2. The van der Waals surface area contributed by atoms with Crippen LogP contribution in [0.4, 0.5) is 0 Å². The highest BCUT2D eigenvalue weighted by molar-refractivity contribution is 7.93. The van der Waals surface area contributed by atoms with Gasteiger partial charge in [-0.2, -0.15) is 0 Å². The van der Waals surface area contributed by atoms with Gasteiger partial charge in [-0.3, -0.25) is 0 Å². The maximum Gasteiger partial charge on any atom is 0.212 e. The van der Waals surface area contributed by atoms with Crippen molar-refractivity contribution in [3.63, 3.8) is 0 Å². The Morgan fingerprint density at radius 3 is 2.38 bits per heavy atom. The van der Waals surface area contributed by atoms with Crippen LogP contribution in [0.25, 0.3) is 0 Å². The minimum atomic E-state index is -3.61. The summed E-state index contributed by atoms with van der Waals surface area (Å²) >= 11 is 0. The maximum absolute atomic E-state index is 12.0. The number of nitrogens with one attached hydrogen (secondary N) is 2. The van der Waals surface area contributed by atoms with Gasteiger partial charge in [-0.05, 0) is 5.56 Å². The van der Waals surface area contributed by atoms with E-state index in [1.165, 1.54) is 0 Å². The van der Waals surface area contributed by atoms with Crippen LogP contribution in [0.2, 0.25) is 0 Å². The van der Waals surface area contributed by atoms with Crippen LogP contribution in [0.3, 0.4) is 0 Å². The van der Waals surface area contributed by atoms with Gasteiger partial charge in [0.15, 0.2) is 0 Å². The topological polar surface area (TPSA) is 92.3 Å². The second-order valence-corrected chi connectivity index (χ2v) is 9.48. The van der Waals surface area contributed by atoms with Gasteiger partial charge in [0.25, 0.3) is 0 Å². The molecule has 1 heterocycles. The van der Waals surface area contributed by atoms with E-state index < -0.39 is 25.6 Å². The van der Waals surface area contributed by atoms with Crippen LogP contribution >= 0.6 is 0 Å². The Morgan fingerprint density at radius 2 is 1.76 bits per heavy atom. The Bertz CT molecular complexity index is 671. The highest BCUT2D eigenvalue weighted by atomic mass is 32.2. The summed E-state index contributed by atoms with van der Waals surface area (Å²) in [7, 11) is -6.90. The molecule has 2 N–H and O–H groups in total. The molecule has 1 saturated heterocycles.